The van der Waals surface area contributed by atoms with Crippen LogP contribution < -0.4 is 48.3 Å². The summed E-state index contributed by atoms with van der Waals surface area (Å²) in [5.74, 6) is -9.05. The summed E-state index contributed by atoms with van der Waals surface area (Å²) >= 11 is 0. The van der Waals surface area contributed by atoms with E-state index in [-0.39, 0.29) is 114 Å². The number of aryl methyl sites for hydroxylation is 1. The van der Waals surface area contributed by atoms with Crippen LogP contribution in [0.25, 0.3) is 0 Å². The SMILES string of the molecule is C/C=C(\C)[C@H]1OC(=O)[C@@H](C)NC(=O)[C@H](C(C)CC)NC(=O)CN(C)C(=O)[C@@H](Cc2ccccc2)N(C)C(=O)[C@H](C)NC(=O)[C@@H](CC(C)C)OC(=O)/C(C)=C/C[C@H](OC(=O)NCCCCCCCOP(=O)(O)OP(=O)(O)OCCCCCCC(=O)OCc2ccc(NC(=O)[C@@H](CCCNC(N)=O)NC(=O)[C@H](NC(=O)CCCCCn3ccnn3)C(C)C)cc2)[C@@H]1C. The van der Waals surface area contributed by atoms with Gasteiger partial charge < -0.3 is 86.8 Å². The number of hydrogen-bond donors (Lipinski definition) is 11. The number of alkyl carbamates (subject to hydrolysis) is 1. The van der Waals surface area contributed by atoms with Crippen LogP contribution in [-0.4, -0.2) is 213 Å². The quantitative estimate of drug-likeness (QED) is 0.00827. The Morgan fingerprint density at radius 3 is 1.95 bits per heavy atom. The number of primary amides is 1. The minimum Gasteiger partial charge on any atom is -0.461 e. The van der Waals surface area contributed by atoms with Crippen molar-refractivity contribution in [1.82, 2.24) is 62.0 Å². The second-order valence-corrected chi connectivity index (χ2v) is 35.3. The van der Waals surface area contributed by atoms with Crippen LogP contribution in [0.3, 0.4) is 0 Å². The highest BCUT2D eigenvalue weighted by Crippen LogP contribution is 2.60. The third-order valence-corrected chi connectivity index (χ3v) is 23.6. The highest BCUT2D eigenvalue weighted by atomic mass is 31.3. The summed E-state index contributed by atoms with van der Waals surface area (Å²) in [5.41, 5.74) is 7.43. The predicted molar refractivity (Wildman–Crippen MR) is 463 cm³/mol. The molecule has 0 spiro atoms. The molecule has 0 aliphatic carbocycles. The number of nitrogens with one attached hydrogen (secondary N) is 8. The van der Waals surface area contributed by atoms with Crippen molar-refractivity contribution in [3.63, 3.8) is 0 Å². The van der Waals surface area contributed by atoms with Crippen molar-refractivity contribution in [1.29, 1.82) is 0 Å². The van der Waals surface area contributed by atoms with Crippen molar-refractivity contribution in [3.8, 4) is 0 Å². The van der Waals surface area contributed by atoms with E-state index in [0.717, 1.165) is 17.7 Å². The number of amides is 11. The highest BCUT2D eigenvalue weighted by Gasteiger charge is 2.40. The topological polar surface area (TPSA) is 521 Å². The summed E-state index contributed by atoms with van der Waals surface area (Å²) in [5, 5.41) is 29.3. The molecule has 13 atom stereocenters. The van der Waals surface area contributed by atoms with E-state index < -0.39 is 160 Å². The van der Waals surface area contributed by atoms with Gasteiger partial charge in [0.1, 0.15) is 55.1 Å². The summed E-state index contributed by atoms with van der Waals surface area (Å²) in [6.45, 7) is 19.7. The van der Waals surface area contributed by atoms with Crippen LogP contribution in [0.5, 0.6) is 0 Å². The lowest BCUT2D eigenvalue weighted by Gasteiger charge is -2.33. The summed E-state index contributed by atoms with van der Waals surface area (Å²) < 4.78 is 64.8. The second kappa shape index (κ2) is 56.2. The molecule has 11 amide bonds. The number of esters is 3. The Bertz CT molecular complexity index is 4120. The lowest BCUT2D eigenvalue weighted by atomic mass is 9.90. The number of phosphoric acid groups is 2. The van der Waals surface area contributed by atoms with Crippen LogP contribution in [-0.2, 0) is 114 Å². The van der Waals surface area contributed by atoms with Crippen LogP contribution in [0, 0.1) is 23.7 Å². The first-order valence-electron chi connectivity index (χ1n) is 42.9. The average molecular weight is 1800 g/mol. The van der Waals surface area contributed by atoms with Gasteiger partial charge in [-0.3, -0.25) is 56.9 Å². The van der Waals surface area contributed by atoms with Gasteiger partial charge in [-0.05, 0) is 139 Å². The first-order valence-corrected chi connectivity index (χ1v) is 45.9. The first-order chi connectivity index (χ1) is 59.1. The number of ether oxygens (including phenoxy) is 4. The molecule has 1 aliphatic heterocycles. The number of rotatable bonds is 45. The fraction of sp³-hybridized carbons (Fsp3) is 0.635. The van der Waals surface area contributed by atoms with Gasteiger partial charge >= 0.3 is 45.7 Å². The summed E-state index contributed by atoms with van der Waals surface area (Å²) in [4.78, 5) is 200. The Balaban J connectivity index is 1.25. The van der Waals surface area contributed by atoms with Gasteiger partial charge in [0.05, 0.1) is 26.0 Å². The molecule has 0 saturated heterocycles. The number of likely N-dealkylation sites (N-methyl/N-ethyl adjacent to an activating group) is 2. The highest BCUT2D eigenvalue weighted by molar-refractivity contribution is 7.61. The summed E-state index contributed by atoms with van der Waals surface area (Å²) in [6, 6.07) is 7.67. The number of cyclic esters (lactones) is 2. The molecule has 125 heavy (non-hydrogen) atoms. The Morgan fingerprint density at radius 2 is 1.34 bits per heavy atom. The number of hydrogen-bond acceptors (Lipinski definition) is 24. The number of unbranched alkanes of at least 4 members (excludes halogenated alkanes) is 9. The molecule has 12 N–H and O–H groups in total. The monoisotopic (exact) mass is 1800 g/mol. The summed E-state index contributed by atoms with van der Waals surface area (Å²) in [6.07, 6.45) is 8.93. The van der Waals surface area contributed by atoms with Crippen LogP contribution in [0.2, 0.25) is 0 Å². The number of urea groups is 1. The van der Waals surface area contributed by atoms with Gasteiger partial charge in [0.25, 0.3) is 5.91 Å². The molecule has 0 saturated carbocycles. The standard InChI is InChI=1S/C85H134N14O24P2/c1-15-57(7)74-79(106)91-62(12)83(110)122-75(58(8)16-2)60(10)68(43-38-59(9)82(109)120-69(51-55(3)4)77(104)90-61(11)80(107)98(14)67(52-63-33-24-22-25-34-63)81(108)97(13)53-71(101)95-74)121-85(112)88-44-28-19-17-20-30-49-118-124(113,114)123-125(115,116)119-50-31-21-18-27-37-72(102)117-54-64-39-41-65(42-40-64)92-76(103)66(35-32-45-87-84(86)111)93-78(105)73(56(5)6)94-70(100)36-26-23-29-47-99-48-46-89-96-99/h16,22,24-25,33-34,38-42,46,48,55-57,60-62,66-69,73-75H,15,17-21,23,26-32,35-37,43-45,47,49-54H2,1-14H3,(H,88,112)(H,90,104)(H,91,106)(H,92,103)(H,93,105)(H,94,100)(H,95,101)(H,113,114)(H,115,116)(H3,86,87,111)/b58-16+,59-38+/t57?,60-,61-,62+,66+,67+,68-,69+,73+,74-,75+/m0/s1. The third kappa shape index (κ3) is 41.4. The van der Waals surface area contributed by atoms with Crippen molar-refractivity contribution < 1.29 is 114 Å². The fourth-order valence-corrected chi connectivity index (χ4v) is 15.3. The third-order valence-electron chi connectivity index (χ3n) is 20.9. The van der Waals surface area contributed by atoms with Crippen LogP contribution in [0.4, 0.5) is 15.3 Å². The number of carbonyl (C=O) groups is 13. The maximum Gasteiger partial charge on any atom is 0.481 e. The number of benzene rings is 2. The van der Waals surface area contributed by atoms with Gasteiger partial charge in [0.15, 0.2) is 6.10 Å². The Morgan fingerprint density at radius 1 is 0.720 bits per heavy atom. The van der Waals surface area contributed by atoms with E-state index in [1.807, 2.05) is 20.8 Å². The largest absolute Gasteiger partial charge is 0.481 e. The molecule has 0 bridgehead atoms. The molecule has 38 nitrogen and oxygen atoms in total. The molecule has 2 aromatic carbocycles. The van der Waals surface area contributed by atoms with Crippen molar-refractivity contribution >= 4 is 98.6 Å². The maximum absolute atomic E-state index is 14.4. The zero-order chi connectivity index (χ0) is 92.9. The zero-order valence-corrected chi connectivity index (χ0v) is 76.5. The zero-order valence-electron chi connectivity index (χ0n) is 74.7. The van der Waals surface area contributed by atoms with E-state index >= 15 is 0 Å². The van der Waals surface area contributed by atoms with Gasteiger partial charge in [-0.1, -0.05) is 153 Å². The van der Waals surface area contributed by atoms with E-state index in [2.05, 4.69) is 57.2 Å². The van der Waals surface area contributed by atoms with Crippen molar-refractivity contribution in [2.45, 2.75) is 279 Å². The number of carbonyl (C=O) groups excluding carboxylic acids is 13. The van der Waals surface area contributed by atoms with Gasteiger partial charge in [0.2, 0.25) is 41.4 Å². The lowest BCUT2D eigenvalue weighted by Crippen LogP contribution is -2.57. The minimum absolute atomic E-state index is 0.0129. The number of allylic oxidation sites excluding steroid dienone is 1. The van der Waals surface area contributed by atoms with E-state index in [1.165, 1.54) is 45.8 Å². The molecule has 1 aliphatic rings. The van der Waals surface area contributed by atoms with Crippen LogP contribution in [0.15, 0.2) is 90.3 Å². The van der Waals surface area contributed by atoms with Gasteiger partial charge in [-0.15, -0.1) is 5.10 Å². The van der Waals surface area contributed by atoms with E-state index in [9.17, 15) is 81.2 Å². The van der Waals surface area contributed by atoms with Crippen molar-refractivity contribution in [2.75, 3.05) is 52.3 Å². The van der Waals surface area contributed by atoms with Gasteiger partial charge in [-0.2, -0.15) is 4.31 Å². The number of phosphoric ester groups is 2. The van der Waals surface area contributed by atoms with E-state index in [0.29, 0.717) is 86.7 Å². The molecular weight excluding hydrogens is 1660 g/mol. The average Bonchev–Trinajstić information content (AvgIpc) is 0.999. The Hall–Kier alpha value is -9.97. The number of anilines is 1. The van der Waals surface area contributed by atoms with Crippen molar-refractivity contribution in [2.24, 2.45) is 29.4 Å². The predicted octanol–water partition coefficient (Wildman–Crippen LogP) is 8.73. The fourth-order valence-electron chi connectivity index (χ4n) is 13.1. The van der Waals surface area contributed by atoms with E-state index in [1.54, 1.807) is 119 Å². The van der Waals surface area contributed by atoms with Gasteiger partial charge in [0, 0.05) is 82.8 Å². The molecule has 698 valence electrons. The van der Waals surface area contributed by atoms with Crippen LogP contribution >= 0.6 is 15.6 Å². The molecular formula is C85H134N14O24P2. The molecule has 3 aromatic rings. The second-order valence-electron chi connectivity index (χ2n) is 32.2. The van der Waals surface area contributed by atoms with Gasteiger partial charge in [-0.25, -0.2) is 28.3 Å². The molecule has 40 heteroatoms. The normalized spacial score (nSPS) is 21.1. The Labute approximate surface area is 733 Å². The lowest BCUT2D eigenvalue weighted by molar-refractivity contribution is -0.155. The molecule has 3 unspecified atom stereocenters. The number of nitrogens with zero attached hydrogens (tertiary/aromatic N) is 5. The first kappa shape index (κ1) is 107. The van der Waals surface area contributed by atoms with Crippen molar-refractivity contribution in [3.05, 3.63) is 101 Å². The molecule has 0 radical (unpaired) electrons. The van der Waals surface area contributed by atoms with Crippen LogP contribution in [0.1, 0.15) is 216 Å². The molecule has 0 fully saturated rings. The maximum atomic E-state index is 14.4. The smallest absolute Gasteiger partial charge is 0.461 e. The number of nitrogens with two attached hydrogens (primary N) is 1. The minimum atomic E-state index is -5.07. The summed E-state index contributed by atoms with van der Waals surface area (Å²) in [7, 11) is -7.35. The molecule has 1 aromatic heterocycles. The number of aromatic nitrogens is 3. The molecule has 2 heterocycles. The van der Waals surface area contributed by atoms with E-state index in [4.69, 9.17) is 33.7 Å². The molecule has 4 rings (SSSR count). The Kier molecular flexibility index (Phi) is 48.3.